The van der Waals surface area contributed by atoms with Crippen molar-refractivity contribution in [2.45, 2.75) is 6.54 Å². The maximum atomic E-state index is 13.0. The number of hydrogen-bond acceptors (Lipinski definition) is 5. The average molecular weight is 366 g/mol. The lowest BCUT2D eigenvalue weighted by Gasteiger charge is -2.21. The van der Waals surface area contributed by atoms with Crippen LogP contribution in [0.2, 0.25) is 0 Å². The Morgan fingerprint density at radius 2 is 1.70 bits per heavy atom. The molecular formula is C21H22N2O4. The number of amides is 1. The van der Waals surface area contributed by atoms with E-state index in [-0.39, 0.29) is 5.91 Å². The molecule has 0 N–H and O–H groups in total. The molecular weight excluding hydrogens is 344 g/mol. The molecule has 0 bridgehead atoms. The summed E-state index contributed by atoms with van der Waals surface area (Å²) in [6, 6.07) is 13.1. The fourth-order valence-corrected chi connectivity index (χ4v) is 3.10. The lowest BCUT2D eigenvalue weighted by molar-refractivity contribution is 0.0785. The number of fused-ring (bicyclic) bond motifs is 1. The fourth-order valence-electron chi connectivity index (χ4n) is 3.10. The molecule has 0 spiro atoms. The van der Waals surface area contributed by atoms with Crippen LogP contribution in [0.4, 0.5) is 0 Å². The number of benzene rings is 2. The number of methoxy groups -OCH3 is 3. The van der Waals surface area contributed by atoms with Crippen molar-refractivity contribution >= 4 is 16.8 Å². The second-order valence-corrected chi connectivity index (χ2v) is 6.04. The van der Waals surface area contributed by atoms with Gasteiger partial charge in [-0.3, -0.25) is 9.78 Å². The van der Waals surface area contributed by atoms with Gasteiger partial charge in [0.25, 0.3) is 5.91 Å². The lowest BCUT2D eigenvalue weighted by Crippen LogP contribution is -2.26. The van der Waals surface area contributed by atoms with Crippen molar-refractivity contribution < 1.29 is 19.0 Å². The standard InChI is InChI=1S/C21H22N2O4/c1-23(13-15-10-11-17(25-2)20(27-4)19(15)26-3)21(24)16-9-5-7-14-8-6-12-22-18(14)16/h5-12H,13H2,1-4H3. The predicted molar refractivity (Wildman–Crippen MR) is 104 cm³/mol. The van der Waals surface area contributed by atoms with Gasteiger partial charge >= 0.3 is 0 Å². The molecule has 0 aliphatic heterocycles. The smallest absolute Gasteiger partial charge is 0.256 e. The van der Waals surface area contributed by atoms with Gasteiger partial charge in [0.05, 0.1) is 32.4 Å². The van der Waals surface area contributed by atoms with Gasteiger partial charge in [0, 0.05) is 30.7 Å². The number of carbonyl (C=O) groups is 1. The van der Waals surface area contributed by atoms with Crippen molar-refractivity contribution in [3.05, 3.63) is 59.8 Å². The SMILES string of the molecule is COc1ccc(CN(C)C(=O)c2cccc3cccnc23)c(OC)c1OC. The molecule has 1 amide bonds. The summed E-state index contributed by atoms with van der Waals surface area (Å²) in [5, 5.41) is 0.931. The van der Waals surface area contributed by atoms with E-state index in [2.05, 4.69) is 4.98 Å². The Hall–Kier alpha value is -3.28. The Kier molecular flexibility index (Phi) is 5.45. The van der Waals surface area contributed by atoms with E-state index in [1.807, 2.05) is 30.3 Å². The quantitative estimate of drug-likeness (QED) is 0.668. The van der Waals surface area contributed by atoms with Crippen molar-refractivity contribution in [3.8, 4) is 17.2 Å². The van der Waals surface area contributed by atoms with Crippen molar-refractivity contribution in [1.29, 1.82) is 0 Å². The second-order valence-electron chi connectivity index (χ2n) is 6.04. The van der Waals surface area contributed by atoms with Crippen LogP contribution in [-0.4, -0.2) is 44.2 Å². The van der Waals surface area contributed by atoms with Crippen LogP contribution in [0.5, 0.6) is 17.2 Å². The maximum absolute atomic E-state index is 13.0. The number of carbonyl (C=O) groups excluding carboxylic acids is 1. The Morgan fingerprint density at radius 1 is 0.963 bits per heavy atom. The molecule has 1 aromatic heterocycles. The number of ether oxygens (including phenoxy) is 3. The van der Waals surface area contributed by atoms with E-state index < -0.39 is 0 Å². The molecule has 140 valence electrons. The molecule has 0 fully saturated rings. The maximum Gasteiger partial charge on any atom is 0.256 e. The van der Waals surface area contributed by atoms with E-state index in [0.717, 1.165) is 10.9 Å². The highest BCUT2D eigenvalue weighted by Gasteiger charge is 2.20. The summed E-state index contributed by atoms with van der Waals surface area (Å²) in [5.41, 5.74) is 2.07. The first-order valence-corrected chi connectivity index (χ1v) is 8.47. The molecule has 0 unspecified atom stereocenters. The Balaban J connectivity index is 1.93. The van der Waals surface area contributed by atoms with Gasteiger partial charge in [0.15, 0.2) is 11.5 Å². The zero-order valence-electron chi connectivity index (χ0n) is 15.9. The van der Waals surface area contributed by atoms with Crippen LogP contribution in [0.15, 0.2) is 48.7 Å². The van der Waals surface area contributed by atoms with Gasteiger partial charge in [-0.1, -0.05) is 18.2 Å². The molecule has 1 heterocycles. The van der Waals surface area contributed by atoms with Gasteiger partial charge in [-0.25, -0.2) is 0 Å². The third-order valence-corrected chi connectivity index (χ3v) is 4.40. The van der Waals surface area contributed by atoms with Gasteiger partial charge in [0.2, 0.25) is 5.75 Å². The average Bonchev–Trinajstić information content (AvgIpc) is 2.72. The van der Waals surface area contributed by atoms with Crippen LogP contribution in [0, 0.1) is 0 Å². The van der Waals surface area contributed by atoms with Crippen LogP contribution in [0.25, 0.3) is 10.9 Å². The number of hydrogen-bond donors (Lipinski definition) is 0. The second kappa shape index (κ2) is 7.95. The van der Waals surface area contributed by atoms with Crippen LogP contribution in [0.1, 0.15) is 15.9 Å². The number of aromatic nitrogens is 1. The molecule has 0 saturated heterocycles. The van der Waals surface area contributed by atoms with E-state index in [1.54, 1.807) is 51.6 Å². The first-order valence-electron chi connectivity index (χ1n) is 8.47. The topological polar surface area (TPSA) is 60.9 Å². The van der Waals surface area contributed by atoms with E-state index in [0.29, 0.717) is 34.9 Å². The summed E-state index contributed by atoms with van der Waals surface area (Å²) in [7, 11) is 6.44. The number of para-hydroxylation sites is 1. The van der Waals surface area contributed by atoms with Gasteiger partial charge in [-0.05, 0) is 24.3 Å². The predicted octanol–water partition coefficient (Wildman–Crippen LogP) is 3.53. The molecule has 6 heteroatoms. The van der Waals surface area contributed by atoms with Crippen LogP contribution in [-0.2, 0) is 6.54 Å². The Labute approximate surface area is 158 Å². The molecule has 3 aromatic rings. The molecule has 6 nitrogen and oxygen atoms in total. The third kappa shape index (κ3) is 3.51. The highest BCUT2D eigenvalue weighted by atomic mass is 16.5. The summed E-state index contributed by atoms with van der Waals surface area (Å²) in [5.74, 6) is 1.51. The Morgan fingerprint density at radius 3 is 2.41 bits per heavy atom. The molecule has 0 radical (unpaired) electrons. The molecule has 0 atom stereocenters. The van der Waals surface area contributed by atoms with Crippen molar-refractivity contribution in [2.24, 2.45) is 0 Å². The summed E-state index contributed by atoms with van der Waals surface area (Å²) in [6.45, 7) is 0.353. The minimum atomic E-state index is -0.115. The zero-order chi connectivity index (χ0) is 19.4. The molecule has 27 heavy (non-hydrogen) atoms. The number of rotatable bonds is 6. The first kappa shape index (κ1) is 18.5. The number of nitrogens with zero attached hydrogens (tertiary/aromatic N) is 2. The van der Waals surface area contributed by atoms with Gasteiger partial charge in [-0.15, -0.1) is 0 Å². The van der Waals surface area contributed by atoms with Gasteiger partial charge < -0.3 is 19.1 Å². The van der Waals surface area contributed by atoms with Crippen LogP contribution in [0.3, 0.4) is 0 Å². The van der Waals surface area contributed by atoms with E-state index in [9.17, 15) is 4.79 Å². The molecule has 0 saturated carbocycles. The minimum Gasteiger partial charge on any atom is -0.493 e. The van der Waals surface area contributed by atoms with Gasteiger partial charge in [-0.2, -0.15) is 0 Å². The fraction of sp³-hybridized carbons (Fsp3) is 0.238. The van der Waals surface area contributed by atoms with E-state index in [1.165, 1.54) is 0 Å². The van der Waals surface area contributed by atoms with Crippen molar-refractivity contribution in [3.63, 3.8) is 0 Å². The van der Waals surface area contributed by atoms with E-state index in [4.69, 9.17) is 14.2 Å². The zero-order valence-corrected chi connectivity index (χ0v) is 15.9. The van der Waals surface area contributed by atoms with Crippen LogP contribution >= 0.6 is 0 Å². The van der Waals surface area contributed by atoms with Crippen LogP contribution < -0.4 is 14.2 Å². The summed E-state index contributed by atoms with van der Waals surface area (Å²) >= 11 is 0. The normalized spacial score (nSPS) is 10.5. The summed E-state index contributed by atoms with van der Waals surface area (Å²) in [4.78, 5) is 19.0. The Bertz CT molecular complexity index is 966. The van der Waals surface area contributed by atoms with E-state index >= 15 is 0 Å². The first-order chi connectivity index (χ1) is 13.1. The lowest BCUT2D eigenvalue weighted by atomic mass is 10.1. The van der Waals surface area contributed by atoms with Crippen molar-refractivity contribution in [2.75, 3.05) is 28.4 Å². The largest absolute Gasteiger partial charge is 0.493 e. The van der Waals surface area contributed by atoms with Crippen molar-refractivity contribution in [1.82, 2.24) is 9.88 Å². The number of pyridine rings is 1. The molecule has 0 aliphatic rings. The molecule has 0 aliphatic carbocycles. The molecule has 2 aromatic carbocycles. The summed E-state index contributed by atoms with van der Waals surface area (Å²) < 4.78 is 16.2. The monoisotopic (exact) mass is 366 g/mol. The minimum absolute atomic E-state index is 0.115. The highest BCUT2D eigenvalue weighted by Crippen LogP contribution is 2.40. The third-order valence-electron chi connectivity index (χ3n) is 4.40. The molecule has 3 rings (SSSR count). The van der Waals surface area contributed by atoms with Gasteiger partial charge in [0.1, 0.15) is 0 Å². The summed E-state index contributed by atoms with van der Waals surface area (Å²) in [6.07, 6.45) is 1.69. The highest BCUT2D eigenvalue weighted by molar-refractivity contribution is 6.05.